The molecule has 0 spiro atoms. The number of halogens is 2. The van der Waals surface area contributed by atoms with Crippen molar-refractivity contribution >= 4 is 5.78 Å². The van der Waals surface area contributed by atoms with E-state index in [1.807, 2.05) is 0 Å². The summed E-state index contributed by atoms with van der Waals surface area (Å²) in [5.41, 5.74) is -0.367. The highest BCUT2D eigenvalue weighted by atomic mass is 19.1. The average molecular weight is 265 g/mol. The topological polar surface area (TPSA) is 29.1 Å². The van der Waals surface area contributed by atoms with Crippen molar-refractivity contribution < 1.29 is 13.6 Å². The van der Waals surface area contributed by atoms with Gasteiger partial charge in [-0.25, -0.2) is 8.78 Å². The van der Waals surface area contributed by atoms with Gasteiger partial charge in [0.05, 0.1) is 5.56 Å². The van der Waals surface area contributed by atoms with Crippen molar-refractivity contribution in [3.63, 3.8) is 0 Å². The molecule has 102 valence electrons. The molecule has 2 heterocycles. The molecule has 0 saturated carbocycles. The molecule has 1 N–H and O–H groups in total. The van der Waals surface area contributed by atoms with Gasteiger partial charge in [0.15, 0.2) is 5.78 Å². The van der Waals surface area contributed by atoms with Gasteiger partial charge in [0.2, 0.25) is 0 Å². The van der Waals surface area contributed by atoms with E-state index in [0.29, 0.717) is 12.1 Å². The second-order valence-electron chi connectivity index (χ2n) is 5.70. The van der Waals surface area contributed by atoms with Crippen LogP contribution in [-0.4, -0.2) is 17.9 Å². The first-order chi connectivity index (χ1) is 9.13. The van der Waals surface area contributed by atoms with E-state index in [9.17, 15) is 13.6 Å². The van der Waals surface area contributed by atoms with Gasteiger partial charge in [0.25, 0.3) is 0 Å². The number of carbonyl (C=O) groups excluding carboxylic acids is 1. The minimum atomic E-state index is -0.748. The molecule has 2 aliphatic rings. The lowest BCUT2D eigenvalue weighted by Crippen LogP contribution is -2.38. The summed E-state index contributed by atoms with van der Waals surface area (Å²) in [6.45, 7) is 0. The molecule has 2 nitrogen and oxygen atoms in total. The summed E-state index contributed by atoms with van der Waals surface area (Å²) in [5, 5.41) is 3.50. The van der Waals surface area contributed by atoms with Crippen molar-refractivity contribution in [1.82, 2.24) is 5.32 Å². The third kappa shape index (κ3) is 2.54. The molecule has 2 atom stereocenters. The molecule has 2 unspecified atom stereocenters. The lowest BCUT2D eigenvalue weighted by molar-refractivity contribution is 0.0937. The minimum absolute atomic E-state index is 0.255. The molecule has 4 heteroatoms. The quantitative estimate of drug-likeness (QED) is 0.851. The van der Waals surface area contributed by atoms with Crippen LogP contribution in [0, 0.1) is 17.6 Å². The SMILES string of the molecule is O=C(CC1CC2CCC(C1)N2)c1c(F)cccc1F. The molecule has 0 aliphatic carbocycles. The van der Waals surface area contributed by atoms with Crippen molar-refractivity contribution in [3.8, 4) is 0 Å². The molecular weight excluding hydrogens is 248 g/mol. The molecule has 2 bridgehead atoms. The van der Waals surface area contributed by atoms with Gasteiger partial charge < -0.3 is 5.32 Å². The molecule has 0 aromatic heterocycles. The fourth-order valence-electron chi connectivity index (χ4n) is 3.47. The number of piperidine rings is 1. The van der Waals surface area contributed by atoms with Crippen LogP contribution in [0.3, 0.4) is 0 Å². The zero-order chi connectivity index (χ0) is 13.4. The average Bonchev–Trinajstić information content (AvgIpc) is 2.68. The molecular formula is C15H17F2NO. The number of hydrogen-bond donors (Lipinski definition) is 1. The lowest BCUT2D eigenvalue weighted by atomic mass is 9.86. The number of nitrogens with one attached hydrogen (secondary N) is 1. The number of benzene rings is 1. The minimum Gasteiger partial charge on any atom is -0.311 e. The number of hydrogen-bond acceptors (Lipinski definition) is 2. The zero-order valence-corrected chi connectivity index (χ0v) is 10.7. The summed E-state index contributed by atoms with van der Waals surface area (Å²) >= 11 is 0. The Morgan fingerprint density at radius 1 is 1.16 bits per heavy atom. The van der Waals surface area contributed by atoms with Gasteiger partial charge in [0, 0.05) is 18.5 Å². The lowest BCUT2D eigenvalue weighted by Gasteiger charge is -2.28. The van der Waals surface area contributed by atoms with Crippen LogP contribution >= 0.6 is 0 Å². The van der Waals surface area contributed by atoms with Crippen molar-refractivity contribution in [2.24, 2.45) is 5.92 Å². The van der Waals surface area contributed by atoms with E-state index in [4.69, 9.17) is 0 Å². The van der Waals surface area contributed by atoms with Crippen LogP contribution in [-0.2, 0) is 0 Å². The molecule has 2 aliphatic heterocycles. The number of rotatable bonds is 3. The predicted octanol–water partition coefficient (Wildman–Crippen LogP) is 3.07. The Morgan fingerprint density at radius 3 is 2.32 bits per heavy atom. The Kier molecular flexibility index (Phi) is 3.35. The van der Waals surface area contributed by atoms with E-state index in [0.717, 1.165) is 37.8 Å². The number of ketones is 1. The summed E-state index contributed by atoms with van der Waals surface area (Å²) in [7, 11) is 0. The third-order valence-corrected chi connectivity index (χ3v) is 4.29. The van der Waals surface area contributed by atoms with Gasteiger partial charge in [-0.15, -0.1) is 0 Å². The van der Waals surface area contributed by atoms with E-state index in [1.165, 1.54) is 6.07 Å². The van der Waals surface area contributed by atoms with Crippen molar-refractivity contribution in [3.05, 3.63) is 35.4 Å². The highest BCUT2D eigenvalue weighted by molar-refractivity contribution is 5.96. The molecule has 3 rings (SSSR count). The maximum atomic E-state index is 13.5. The Hall–Kier alpha value is -1.29. The molecule has 1 aromatic carbocycles. The highest BCUT2D eigenvalue weighted by Gasteiger charge is 2.34. The van der Waals surface area contributed by atoms with Gasteiger partial charge in [-0.05, 0) is 43.7 Å². The fourth-order valence-corrected chi connectivity index (χ4v) is 3.47. The van der Waals surface area contributed by atoms with Crippen LogP contribution < -0.4 is 5.32 Å². The molecule has 0 amide bonds. The smallest absolute Gasteiger partial charge is 0.169 e. The summed E-state index contributed by atoms with van der Waals surface area (Å²) < 4.78 is 27.1. The third-order valence-electron chi connectivity index (χ3n) is 4.29. The van der Waals surface area contributed by atoms with Gasteiger partial charge in [-0.2, -0.15) is 0 Å². The fraction of sp³-hybridized carbons (Fsp3) is 0.533. The first-order valence-corrected chi connectivity index (χ1v) is 6.86. The predicted molar refractivity (Wildman–Crippen MR) is 68.0 cm³/mol. The molecule has 0 radical (unpaired) electrons. The first kappa shape index (κ1) is 12.7. The van der Waals surface area contributed by atoms with Gasteiger partial charge in [-0.1, -0.05) is 6.07 Å². The van der Waals surface area contributed by atoms with Gasteiger partial charge in [0.1, 0.15) is 11.6 Å². The molecule has 2 saturated heterocycles. The normalized spacial score (nSPS) is 29.5. The Morgan fingerprint density at radius 2 is 1.74 bits per heavy atom. The van der Waals surface area contributed by atoms with Gasteiger partial charge >= 0.3 is 0 Å². The van der Waals surface area contributed by atoms with E-state index in [1.54, 1.807) is 0 Å². The number of fused-ring (bicyclic) bond motifs is 2. The summed E-state index contributed by atoms with van der Waals surface area (Å²) in [4.78, 5) is 12.1. The van der Waals surface area contributed by atoms with Crippen LogP contribution in [0.25, 0.3) is 0 Å². The molecule has 19 heavy (non-hydrogen) atoms. The van der Waals surface area contributed by atoms with E-state index in [2.05, 4.69) is 5.32 Å². The van der Waals surface area contributed by atoms with Crippen LogP contribution in [0.4, 0.5) is 8.78 Å². The zero-order valence-electron chi connectivity index (χ0n) is 10.7. The summed E-state index contributed by atoms with van der Waals surface area (Å²) in [6.07, 6.45) is 4.45. The summed E-state index contributed by atoms with van der Waals surface area (Å²) in [6, 6.07) is 4.54. The number of Topliss-reactive ketones (excluding diaryl/α,β-unsaturated/α-hetero) is 1. The Labute approximate surface area is 111 Å². The Balaban J connectivity index is 1.71. The number of carbonyl (C=O) groups is 1. The van der Waals surface area contributed by atoms with Crippen molar-refractivity contribution in [2.75, 3.05) is 0 Å². The van der Waals surface area contributed by atoms with Gasteiger partial charge in [-0.3, -0.25) is 4.79 Å². The monoisotopic (exact) mass is 265 g/mol. The second kappa shape index (κ2) is 5.00. The van der Waals surface area contributed by atoms with E-state index >= 15 is 0 Å². The maximum absolute atomic E-state index is 13.5. The molecule has 1 aromatic rings. The van der Waals surface area contributed by atoms with E-state index < -0.39 is 17.4 Å². The largest absolute Gasteiger partial charge is 0.311 e. The van der Waals surface area contributed by atoms with E-state index in [-0.39, 0.29) is 17.9 Å². The van der Waals surface area contributed by atoms with Crippen LogP contribution in [0.5, 0.6) is 0 Å². The standard InChI is InChI=1S/C15H17F2NO/c16-12-2-1-3-13(17)15(12)14(19)8-9-6-10-4-5-11(7-9)18-10/h1-3,9-11,18H,4-8H2. The van der Waals surface area contributed by atoms with Crippen LogP contribution in [0.15, 0.2) is 18.2 Å². The maximum Gasteiger partial charge on any atom is 0.169 e. The Bertz CT molecular complexity index is 471. The summed E-state index contributed by atoms with van der Waals surface area (Å²) in [5.74, 6) is -1.64. The second-order valence-corrected chi connectivity index (χ2v) is 5.70. The van der Waals surface area contributed by atoms with Crippen molar-refractivity contribution in [1.29, 1.82) is 0 Å². The highest BCUT2D eigenvalue weighted by Crippen LogP contribution is 2.33. The van der Waals surface area contributed by atoms with Crippen molar-refractivity contribution in [2.45, 2.75) is 44.2 Å². The van der Waals surface area contributed by atoms with Crippen LogP contribution in [0.2, 0.25) is 0 Å². The molecule has 2 fully saturated rings. The first-order valence-electron chi connectivity index (χ1n) is 6.86. The van der Waals surface area contributed by atoms with Crippen LogP contribution in [0.1, 0.15) is 42.5 Å².